The third-order valence-electron chi connectivity index (χ3n) is 3.49. The van der Waals surface area contributed by atoms with Crippen molar-refractivity contribution in [3.8, 4) is 0 Å². The van der Waals surface area contributed by atoms with Crippen molar-refractivity contribution in [1.29, 1.82) is 0 Å². The molecule has 1 aromatic carbocycles. The summed E-state index contributed by atoms with van der Waals surface area (Å²) in [4.78, 5) is 28.1. The van der Waals surface area contributed by atoms with E-state index in [-0.39, 0.29) is 18.6 Å². The quantitative estimate of drug-likeness (QED) is 0.779. The van der Waals surface area contributed by atoms with Crippen LogP contribution in [0.15, 0.2) is 42.7 Å². The van der Waals surface area contributed by atoms with Gasteiger partial charge in [-0.15, -0.1) is 0 Å². The Morgan fingerprint density at radius 1 is 1.16 bits per heavy atom. The van der Waals surface area contributed by atoms with E-state index in [1.807, 2.05) is 0 Å². The molecule has 0 unspecified atom stereocenters. The second kappa shape index (κ2) is 8.86. The standard InChI is InChI=1S/C18H18F2N2O3/c1-2-25-18(24)16(10-12-6-8-21-9-7-12)22-17(23)11-13-14(19)4-3-5-15(13)20/h3-9,16H,2,10-11H2,1H3,(H,22,23)/t16-/m0/s1. The number of carbonyl (C=O) groups is 2. The molecule has 0 spiro atoms. The predicted octanol–water partition coefficient (Wildman–Crippen LogP) is 2.19. The molecule has 2 aromatic rings. The number of pyridine rings is 1. The summed E-state index contributed by atoms with van der Waals surface area (Å²) in [5, 5.41) is 2.49. The predicted molar refractivity (Wildman–Crippen MR) is 86.6 cm³/mol. The van der Waals surface area contributed by atoms with E-state index in [1.165, 1.54) is 6.07 Å². The lowest BCUT2D eigenvalue weighted by atomic mass is 10.1. The Kier molecular flexibility index (Phi) is 6.56. The fourth-order valence-electron chi connectivity index (χ4n) is 2.30. The van der Waals surface area contributed by atoms with Crippen LogP contribution in [0, 0.1) is 11.6 Å². The molecular weight excluding hydrogens is 330 g/mol. The normalized spacial score (nSPS) is 11.6. The highest BCUT2D eigenvalue weighted by Gasteiger charge is 2.23. The van der Waals surface area contributed by atoms with Crippen LogP contribution in [0.5, 0.6) is 0 Å². The Morgan fingerprint density at radius 3 is 2.40 bits per heavy atom. The molecule has 0 saturated heterocycles. The second-order valence-corrected chi connectivity index (χ2v) is 5.31. The number of halogens is 2. The molecular formula is C18H18F2N2O3. The van der Waals surface area contributed by atoms with Gasteiger partial charge in [-0.1, -0.05) is 6.07 Å². The Balaban J connectivity index is 2.10. The number of ether oxygens (including phenoxy) is 1. The summed E-state index contributed by atoms with van der Waals surface area (Å²) < 4.78 is 32.3. The zero-order valence-corrected chi connectivity index (χ0v) is 13.7. The molecule has 0 radical (unpaired) electrons. The monoisotopic (exact) mass is 348 g/mol. The number of hydrogen-bond donors (Lipinski definition) is 1. The van der Waals surface area contributed by atoms with Gasteiger partial charge in [0, 0.05) is 24.4 Å². The summed E-state index contributed by atoms with van der Waals surface area (Å²) >= 11 is 0. The molecule has 1 aromatic heterocycles. The van der Waals surface area contributed by atoms with Crippen molar-refractivity contribution in [2.45, 2.75) is 25.8 Å². The van der Waals surface area contributed by atoms with Crippen LogP contribution in [-0.4, -0.2) is 29.5 Å². The summed E-state index contributed by atoms with van der Waals surface area (Å²) in [6, 6.07) is 5.82. The van der Waals surface area contributed by atoms with E-state index in [0.29, 0.717) is 0 Å². The topological polar surface area (TPSA) is 68.3 Å². The van der Waals surface area contributed by atoms with Crippen LogP contribution in [0.2, 0.25) is 0 Å². The van der Waals surface area contributed by atoms with Crippen LogP contribution >= 0.6 is 0 Å². The number of amides is 1. The highest BCUT2D eigenvalue weighted by molar-refractivity contribution is 5.85. The third kappa shape index (κ3) is 5.34. The molecule has 1 N–H and O–H groups in total. The van der Waals surface area contributed by atoms with Crippen LogP contribution in [-0.2, 0) is 27.2 Å². The van der Waals surface area contributed by atoms with Gasteiger partial charge in [-0.2, -0.15) is 0 Å². The minimum absolute atomic E-state index is 0.156. The number of benzene rings is 1. The highest BCUT2D eigenvalue weighted by Crippen LogP contribution is 2.13. The lowest BCUT2D eigenvalue weighted by Crippen LogP contribution is -2.44. The van der Waals surface area contributed by atoms with Gasteiger partial charge in [-0.3, -0.25) is 9.78 Å². The maximum Gasteiger partial charge on any atom is 0.328 e. The molecule has 1 heterocycles. The molecule has 0 aliphatic carbocycles. The molecule has 132 valence electrons. The number of esters is 1. The largest absolute Gasteiger partial charge is 0.464 e. The molecule has 1 atom stereocenters. The van der Waals surface area contributed by atoms with Gasteiger partial charge in [-0.05, 0) is 36.8 Å². The van der Waals surface area contributed by atoms with E-state index < -0.39 is 36.0 Å². The summed E-state index contributed by atoms with van der Waals surface area (Å²) in [5.41, 5.74) is 0.428. The number of nitrogens with zero attached hydrogens (tertiary/aromatic N) is 1. The maximum atomic E-state index is 13.7. The molecule has 25 heavy (non-hydrogen) atoms. The van der Waals surface area contributed by atoms with Crippen molar-refractivity contribution in [2.24, 2.45) is 0 Å². The van der Waals surface area contributed by atoms with Crippen LogP contribution in [0.3, 0.4) is 0 Å². The number of carbonyl (C=O) groups excluding carboxylic acids is 2. The smallest absolute Gasteiger partial charge is 0.328 e. The van der Waals surface area contributed by atoms with Gasteiger partial charge < -0.3 is 10.1 Å². The van der Waals surface area contributed by atoms with Gasteiger partial charge in [0.05, 0.1) is 13.0 Å². The summed E-state index contributed by atoms with van der Waals surface area (Å²) in [6.45, 7) is 1.81. The molecule has 0 aliphatic heterocycles. The first-order valence-corrected chi connectivity index (χ1v) is 7.79. The van der Waals surface area contributed by atoms with Crippen molar-refractivity contribution in [2.75, 3.05) is 6.61 Å². The van der Waals surface area contributed by atoms with Crippen molar-refractivity contribution >= 4 is 11.9 Å². The van der Waals surface area contributed by atoms with E-state index in [0.717, 1.165) is 17.7 Å². The van der Waals surface area contributed by atoms with Crippen molar-refractivity contribution in [1.82, 2.24) is 10.3 Å². The van der Waals surface area contributed by atoms with Crippen LogP contribution in [0.25, 0.3) is 0 Å². The minimum Gasteiger partial charge on any atom is -0.464 e. The maximum absolute atomic E-state index is 13.7. The van der Waals surface area contributed by atoms with Crippen molar-refractivity contribution in [3.63, 3.8) is 0 Å². The average molecular weight is 348 g/mol. The second-order valence-electron chi connectivity index (χ2n) is 5.31. The molecule has 0 bridgehead atoms. The first kappa shape index (κ1) is 18.5. The van der Waals surface area contributed by atoms with Crippen molar-refractivity contribution < 1.29 is 23.1 Å². The summed E-state index contributed by atoms with van der Waals surface area (Å²) in [6.07, 6.45) is 2.81. The molecule has 7 heteroatoms. The first-order valence-electron chi connectivity index (χ1n) is 7.79. The zero-order valence-electron chi connectivity index (χ0n) is 13.7. The van der Waals surface area contributed by atoms with E-state index in [4.69, 9.17) is 4.74 Å². The van der Waals surface area contributed by atoms with Gasteiger partial charge in [0.2, 0.25) is 5.91 Å². The average Bonchev–Trinajstić information content (AvgIpc) is 2.59. The fraction of sp³-hybridized carbons (Fsp3) is 0.278. The van der Waals surface area contributed by atoms with E-state index in [2.05, 4.69) is 10.3 Å². The van der Waals surface area contributed by atoms with Crippen LogP contribution in [0.1, 0.15) is 18.1 Å². The number of rotatable bonds is 7. The van der Waals surface area contributed by atoms with E-state index in [1.54, 1.807) is 31.5 Å². The SMILES string of the molecule is CCOC(=O)[C@H](Cc1ccncc1)NC(=O)Cc1c(F)cccc1F. The van der Waals surface area contributed by atoms with Gasteiger partial charge in [0.25, 0.3) is 0 Å². The van der Waals surface area contributed by atoms with E-state index >= 15 is 0 Å². The first-order chi connectivity index (χ1) is 12.0. The molecule has 0 saturated carbocycles. The minimum atomic E-state index is -0.954. The Morgan fingerprint density at radius 2 is 1.80 bits per heavy atom. The van der Waals surface area contributed by atoms with E-state index in [9.17, 15) is 18.4 Å². The lowest BCUT2D eigenvalue weighted by Gasteiger charge is -2.17. The molecule has 0 aliphatic rings. The zero-order chi connectivity index (χ0) is 18.2. The molecule has 2 rings (SSSR count). The number of aromatic nitrogens is 1. The Labute approximate surface area is 144 Å². The van der Waals surface area contributed by atoms with Gasteiger partial charge in [0.15, 0.2) is 0 Å². The highest BCUT2D eigenvalue weighted by atomic mass is 19.1. The van der Waals surface area contributed by atoms with Gasteiger partial charge in [-0.25, -0.2) is 13.6 Å². The summed E-state index contributed by atoms with van der Waals surface area (Å²) in [7, 11) is 0. The lowest BCUT2D eigenvalue weighted by molar-refractivity contribution is -0.147. The Bertz CT molecular complexity index is 718. The van der Waals surface area contributed by atoms with Gasteiger partial charge >= 0.3 is 5.97 Å². The summed E-state index contributed by atoms with van der Waals surface area (Å²) in [5.74, 6) is -2.90. The molecule has 1 amide bonds. The van der Waals surface area contributed by atoms with Crippen LogP contribution < -0.4 is 5.32 Å². The third-order valence-corrected chi connectivity index (χ3v) is 3.49. The molecule has 0 fully saturated rings. The fourth-order valence-corrected chi connectivity index (χ4v) is 2.30. The van der Waals surface area contributed by atoms with Crippen molar-refractivity contribution in [3.05, 3.63) is 65.5 Å². The molecule has 5 nitrogen and oxygen atoms in total. The van der Waals surface area contributed by atoms with Gasteiger partial charge in [0.1, 0.15) is 17.7 Å². The van der Waals surface area contributed by atoms with Crippen LogP contribution in [0.4, 0.5) is 8.78 Å². The number of nitrogens with one attached hydrogen (secondary N) is 1. The Hall–Kier alpha value is -2.83. The number of hydrogen-bond acceptors (Lipinski definition) is 4.